The summed E-state index contributed by atoms with van der Waals surface area (Å²) in [5.74, 6) is 0.224. The van der Waals surface area contributed by atoms with E-state index in [-0.39, 0.29) is 43.0 Å². The Morgan fingerprint density at radius 2 is 1.83 bits per heavy atom. The van der Waals surface area contributed by atoms with E-state index in [0.29, 0.717) is 51.5 Å². The quantitative estimate of drug-likeness (QED) is 0.0684. The summed E-state index contributed by atoms with van der Waals surface area (Å²) in [6, 6.07) is 11.3. The van der Waals surface area contributed by atoms with Gasteiger partial charge < -0.3 is 50.9 Å². The maximum Gasteiger partial charge on any atom is 0.259 e. The summed E-state index contributed by atoms with van der Waals surface area (Å²) in [4.78, 5) is 61.9. The summed E-state index contributed by atoms with van der Waals surface area (Å²) in [7, 11) is 8.60. The lowest BCUT2D eigenvalue weighted by Crippen LogP contribution is -2.44. The molecule has 0 saturated carbocycles. The van der Waals surface area contributed by atoms with E-state index in [9.17, 15) is 19.2 Å². The number of anilines is 6. The molecule has 1 fully saturated rings. The first-order valence-electron chi connectivity index (χ1n) is 17.6. The summed E-state index contributed by atoms with van der Waals surface area (Å²) in [5.41, 5.74) is 4.39. The predicted molar refractivity (Wildman–Crippen MR) is 214 cm³/mol. The van der Waals surface area contributed by atoms with Gasteiger partial charge in [-0.15, -0.1) is 0 Å². The van der Waals surface area contributed by atoms with Gasteiger partial charge >= 0.3 is 0 Å². The number of carbonyl (C=O) groups excluding carboxylic acids is 4. The second kappa shape index (κ2) is 19.4. The van der Waals surface area contributed by atoms with Gasteiger partial charge in [0.05, 0.1) is 23.6 Å². The van der Waals surface area contributed by atoms with Gasteiger partial charge in [0.25, 0.3) is 5.91 Å². The number of hydrogen-bond acceptors (Lipinski definition) is 12. The van der Waals surface area contributed by atoms with Crippen LogP contribution in [0.25, 0.3) is 6.08 Å². The normalized spacial score (nSPS) is 13.7. The molecule has 3 amide bonds. The van der Waals surface area contributed by atoms with Gasteiger partial charge in [-0.3, -0.25) is 14.4 Å². The zero-order valence-corrected chi connectivity index (χ0v) is 32.3. The molecule has 4 rings (SSSR count). The number of carbonyl (C=O) groups is 4. The molecule has 1 atom stereocenters. The zero-order valence-electron chi connectivity index (χ0n) is 31.5. The summed E-state index contributed by atoms with van der Waals surface area (Å²) >= 11 is 6.55. The minimum atomic E-state index is -0.724. The van der Waals surface area contributed by atoms with Gasteiger partial charge in [-0.1, -0.05) is 11.6 Å². The zero-order chi connectivity index (χ0) is 39.4. The number of aromatic nitrogens is 2. The van der Waals surface area contributed by atoms with Gasteiger partial charge in [-0.25, -0.2) is 4.98 Å². The van der Waals surface area contributed by atoms with Crippen molar-refractivity contribution in [3.63, 3.8) is 0 Å². The van der Waals surface area contributed by atoms with Crippen molar-refractivity contribution in [1.82, 2.24) is 20.2 Å². The molecule has 2 heterocycles. The van der Waals surface area contributed by atoms with Crippen LogP contribution in [0.4, 0.5) is 34.5 Å². The first kappa shape index (κ1) is 41.1. The van der Waals surface area contributed by atoms with Crippen molar-refractivity contribution in [2.75, 3.05) is 80.7 Å². The summed E-state index contributed by atoms with van der Waals surface area (Å²) in [6.45, 7) is 3.17. The summed E-state index contributed by atoms with van der Waals surface area (Å²) < 4.78 is 5.62. The molecular formula is C38H49ClN10O5. The van der Waals surface area contributed by atoms with Crippen LogP contribution in [0.5, 0.6) is 0 Å². The average molecular weight is 761 g/mol. The highest BCUT2D eigenvalue weighted by atomic mass is 35.5. The number of aldehydes is 1. The van der Waals surface area contributed by atoms with Gasteiger partial charge in [0.1, 0.15) is 11.3 Å². The van der Waals surface area contributed by atoms with Crippen LogP contribution in [0.1, 0.15) is 43.7 Å². The molecule has 5 N–H and O–H groups in total. The van der Waals surface area contributed by atoms with Crippen molar-refractivity contribution < 1.29 is 23.9 Å². The molecule has 0 radical (unpaired) electrons. The van der Waals surface area contributed by atoms with Gasteiger partial charge in [-0.05, 0) is 68.7 Å². The van der Waals surface area contributed by atoms with Crippen LogP contribution in [0.2, 0.25) is 5.02 Å². The lowest BCUT2D eigenvalue weighted by atomic mass is 9.90. The fraction of sp³-hybridized carbons (Fsp3) is 0.395. The molecule has 1 aliphatic rings. The second-order valence-electron chi connectivity index (χ2n) is 13.0. The highest BCUT2D eigenvalue weighted by Gasteiger charge is 2.28. The smallest absolute Gasteiger partial charge is 0.259 e. The fourth-order valence-corrected chi connectivity index (χ4v) is 6.26. The third-order valence-electron chi connectivity index (χ3n) is 9.28. The Kier molecular flexibility index (Phi) is 14.7. The minimum Gasteiger partial charge on any atom is -0.488 e. The molecule has 16 heteroatoms. The molecule has 0 spiro atoms. The monoisotopic (exact) mass is 760 g/mol. The standard InChI is InChI=1S/C38H49ClN10O5/c1-24(54-22-34(52)47(4)5)18-25-19-26(9-12-32(25)44-23-51)45-36-31(39)21-43-38(46-36)48(6)27-13-15-49(16-14-27)28-10-11-29(33(20-28)41-2)35(40)30(8-7-17-50)37(53)42-3/h9-12,17-21,23,27,30,40-41H,7-8,13-16,22H2,1-6H3,(H,42,53)(H,44,51)(H,43,45,46)/b24-18+,40-35?. The molecule has 0 aliphatic carbocycles. The van der Waals surface area contributed by atoms with E-state index in [1.165, 1.54) is 11.9 Å². The Labute approximate surface area is 321 Å². The van der Waals surface area contributed by atoms with Crippen LogP contribution in [-0.4, -0.2) is 106 Å². The number of likely N-dealkylation sites (N-methyl/N-ethyl adjacent to an activating group) is 1. The predicted octanol–water partition coefficient (Wildman–Crippen LogP) is 4.76. The van der Waals surface area contributed by atoms with Crippen LogP contribution in [0.15, 0.2) is 48.4 Å². The molecule has 3 aromatic rings. The average Bonchev–Trinajstić information content (AvgIpc) is 3.18. The fourth-order valence-electron chi connectivity index (χ4n) is 6.12. The molecule has 15 nitrogen and oxygen atoms in total. The van der Waals surface area contributed by atoms with Crippen LogP contribution in [-0.2, 0) is 23.9 Å². The van der Waals surface area contributed by atoms with Gasteiger partial charge in [0, 0.05) is 94.7 Å². The number of piperidine rings is 1. The van der Waals surface area contributed by atoms with E-state index in [4.69, 9.17) is 26.7 Å². The third-order valence-corrected chi connectivity index (χ3v) is 9.56. The van der Waals surface area contributed by atoms with Crippen molar-refractivity contribution in [1.29, 1.82) is 5.41 Å². The molecule has 2 aromatic carbocycles. The minimum absolute atomic E-state index is 0.112. The van der Waals surface area contributed by atoms with Crippen LogP contribution in [0.3, 0.4) is 0 Å². The number of nitrogens with one attached hydrogen (secondary N) is 5. The number of benzene rings is 2. The van der Waals surface area contributed by atoms with E-state index < -0.39 is 5.92 Å². The van der Waals surface area contributed by atoms with Crippen molar-refractivity contribution in [3.05, 3.63) is 64.5 Å². The van der Waals surface area contributed by atoms with Gasteiger partial charge in [0.2, 0.25) is 18.3 Å². The maximum absolute atomic E-state index is 12.5. The highest BCUT2D eigenvalue weighted by molar-refractivity contribution is 6.33. The Hall–Kier alpha value is -5.70. The third kappa shape index (κ3) is 10.5. The molecule has 1 saturated heterocycles. The van der Waals surface area contributed by atoms with Crippen LogP contribution >= 0.6 is 11.6 Å². The molecule has 0 bridgehead atoms. The van der Waals surface area contributed by atoms with Crippen molar-refractivity contribution >= 4 is 82.4 Å². The number of hydrogen-bond donors (Lipinski definition) is 5. The Bertz CT molecular complexity index is 1860. The van der Waals surface area contributed by atoms with E-state index in [1.807, 2.05) is 31.3 Å². The number of allylic oxidation sites excluding steroid dienone is 1. The number of halogens is 1. The number of nitrogens with zero attached hydrogens (tertiary/aromatic N) is 5. The first-order valence-corrected chi connectivity index (χ1v) is 18.0. The van der Waals surface area contributed by atoms with Crippen molar-refractivity contribution in [2.45, 2.75) is 38.6 Å². The number of ether oxygens (including phenoxy) is 1. The molecule has 1 unspecified atom stereocenters. The van der Waals surface area contributed by atoms with E-state index in [1.54, 1.807) is 52.5 Å². The molecular weight excluding hydrogens is 712 g/mol. The van der Waals surface area contributed by atoms with Crippen molar-refractivity contribution in [2.24, 2.45) is 5.92 Å². The molecule has 54 heavy (non-hydrogen) atoms. The van der Waals surface area contributed by atoms with Crippen LogP contribution < -0.4 is 31.1 Å². The van der Waals surface area contributed by atoms with E-state index in [2.05, 4.69) is 36.1 Å². The summed E-state index contributed by atoms with van der Waals surface area (Å²) in [6.07, 6.45) is 6.79. The molecule has 1 aliphatic heterocycles. The first-order chi connectivity index (χ1) is 25.9. The van der Waals surface area contributed by atoms with E-state index in [0.717, 1.165) is 43.6 Å². The summed E-state index contributed by atoms with van der Waals surface area (Å²) in [5, 5.41) is 20.9. The molecule has 1 aromatic heterocycles. The Balaban J connectivity index is 1.45. The van der Waals surface area contributed by atoms with Gasteiger partial charge in [-0.2, -0.15) is 4.98 Å². The second-order valence-corrected chi connectivity index (χ2v) is 13.4. The largest absolute Gasteiger partial charge is 0.488 e. The Morgan fingerprint density at radius 1 is 1.09 bits per heavy atom. The molecule has 288 valence electrons. The maximum atomic E-state index is 12.5. The number of amides is 3. The van der Waals surface area contributed by atoms with Gasteiger partial charge in [0.15, 0.2) is 12.4 Å². The Morgan fingerprint density at radius 3 is 2.48 bits per heavy atom. The lowest BCUT2D eigenvalue weighted by Gasteiger charge is -2.38. The van der Waals surface area contributed by atoms with Crippen LogP contribution in [0, 0.1) is 11.3 Å². The number of rotatable bonds is 18. The van der Waals surface area contributed by atoms with Crippen molar-refractivity contribution in [3.8, 4) is 0 Å². The highest BCUT2D eigenvalue weighted by Crippen LogP contribution is 2.32. The lowest BCUT2D eigenvalue weighted by molar-refractivity contribution is -0.132. The SMILES string of the molecule is CNC(=O)C(CCC=O)C(=N)c1ccc(N2CCC(N(C)c3ncc(Cl)c(Nc4ccc(NC=O)c(/C=C(\C)OCC(=O)N(C)C)c4)n3)CC2)cc1NC. The topological polar surface area (TPSA) is 185 Å². The van der Waals surface area contributed by atoms with E-state index >= 15 is 0 Å².